The van der Waals surface area contributed by atoms with E-state index in [1.165, 1.54) is 12.1 Å². The van der Waals surface area contributed by atoms with Crippen molar-refractivity contribution >= 4 is 11.6 Å². The minimum Gasteiger partial charge on any atom is -0.457 e. The van der Waals surface area contributed by atoms with E-state index in [4.69, 9.17) is 21.6 Å². The van der Waals surface area contributed by atoms with Crippen molar-refractivity contribution in [2.45, 2.75) is 5.88 Å². The van der Waals surface area contributed by atoms with Crippen molar-refractivity contribution in [3.63, 3.8) is 0 Å². The lowest BCUT2D eigenvalue weighted by atomic mass is 10.2. The van der Waals surface area contributed by atoms with Crippen LogP contribution in [0.15, 0.2) is 42.5 Å². The third-order valence-electron chi connectivity index (χ3n) is 2.30. The first-order valence-electron chi connectivity index (χ1n) is 5.25. The van der Waals surface area contributed by atoms with Crippen LogP contribution in [0.3, 0.4) is 0 Å². The largest absolute Gasteiger partial charge is 0.457 e. The van der Waals surface area contributed by atoms with Gasteiger partial charge in [0.1, 0.15) is 17.3 Å². The van der Waals surface area contributed by atoms with E-state index < -0.39 is 5.82 Å². The molecule has 2 aromatic rings. The van der Waals surface area contributed by atoms with Crippen LogP contribution < -0.4 is 4.74 Å². The van der Waals surface area contributed by atoms with Crippen molar-refractivity contribution in [3.05, 3.63) is 59.4 Å². The van der Waals surface area contributed by atoms with Crippen molar-refractivity contribution in [1.29, 1.82) is 5.26 Å². The number of ether oxygens (including phenoxy) is 1. The molecule has 2 nitrogen and oxygen atoms in total. The molecule has 0 aliphatic carbocycles. The minimum atomic E-state index is -0.392. The molecule has 18 heavy (non-hydrogen) atoms. The highest BCUT2D eigenvalue weighted by molar-refractivity contribution is 6.17. The second kappa shape index (κ2) is 5.52. The molecule has 0 radical (unpaired) electrons. The summed E-state index contributed by atoms with van der Waals surface area (Å²) < 4.78 is 18.7. The Hall–Kier alpha value is -2.05. The second-order valence-corrected chi connectivity index (χ2v) is 3.93. The summed E-state index contributed by atoms with van der Waals surface area (Å²) in [6.45, 7) is 0. The first kappa shape index (κ1) is 12.4. The molecule has 2 rings (SSSR count). The van der Waals surface area contributed by atoms with E-state index >= 15 is 0 Å². The maximum atomic E-state index is 13.3. The van der Waals surface area contributed by atoms with Crippen molar-refractivity contribution in [2.24, 2.45) is 0 Å². The van der Waals surface area contributed by atoms with Crippen LogP contribution in [0.5, 0.6) is 11.5 Å². The Balaban J connectivity index is 2.22. The number of rotatable bonds is 3. The highest BCUT2D eigenvalue weighted by Crippen LogP contribution is 2.24. The molecule has 0 aliphatic heterocycles. The normalized spacial score (nSPS) is 9.83. The summed E-state index contributed by atoms with van der Waals surface area (Å²) in [6, 6.07) is 12.9. The summed E-state index contributed by atoms with van der Waals surface area (Å²) in [5, 5.41) is 8.67. The summed E-state index contributed by atoms with van der Waals surface area (Å²) in [4.78, 5) is 0. The topological polar surface area (TPSA) is 33.0 Å². The summed E-state index contributed by atoms with van der Waals surface area (Å²) in [7, 11) is 0. The van der Waals surface area contributed by atoms with Crippen LogP contribution in [0.2, 0.25) is 0 Å². The van der Waals surface area contributed by atoms with Gasteiger partial charge in [0.15, 0.2) is 0 Å². The van der Waals surface area contributed by atoms with E-state index in [2.05, 4.69) is 0 Å². The van der Waals surface area contributed by atoms with Gasteiger partial charge in [-0.05, 0) is 42.0 Å². The average molecular weight is 262 g/mol. The van der Waals surface area contributed by atoms with E-state index in [1.807, 2.05) is 6.07 Å². The predicted octanol–water partition coefficient (Wildman–Crippen LogP) is 4.23. The molecular formula is C14H9ClFNO. The van der Waals surface area contributed by atoms with Gasteiger partial charge in [-0.3, -0.25) is 0 Å². The van der Waals surface area contributed by atoms with Gasteiger partial charge in [0, 0.05) is 11.9 Å². The van der Waals surface area contributed by atoms with Crippen molar-refractivity contribution in [3.8, 4) is 17.6 Å². The highest BCUT2D eigenvalue weighted by Gasteiger charge is 2.03. The molecule has 0 aliphatic rings. The molecule has 0 bridgehead atoms. The first-order valence-corrected chi connectivity index (χ1v) is 5.78. The van der Waals surface area contributed by atoms with Gasteiger partial charge < -0.3 is 4.74 Å². The summed E-state index contributed by atoms with van der Waals surface area (Å²) >= 11 is 5.66. The highest BCUT2D eigenvalue weighted by atomic mass is 35.5. The van der Waals surface area contributed by atoms with Gasteiger partial charge in [-0.15, -0.1) is 11.6 Å². The van der Waals surface area contributed by atoms with Gasteiger partial charge in [0.25, 0.3) is 0 Å². The van der Waals surface area contributed by atoms with Gasteiger partial charge in [0.05, 0.1) is 11.6 Å². The monoisotopic (exact) mass is 261 g/mol. The molecule has 0 amide bonds. The Morgan fingerprint density at radius 3 is 2.44 bits per heavy atom. The zero-order valence-corrected chi connectivity index (χ0v) is 10.1. The van der Waals surface area contributed by atoms with E-state index in [1.54, 1.807) is 30.3 Å². The number of halogens is 2. The molecule has 0 aromatic heterocycles. The van der Waals surface area contributed by atoms with Crippen LogP contribution in [0.25, 0.3) is 0 Å². The molecule has 90 valence electrons. The lowest BCUT2D eigenvalue weighted by molar-refractivity contribution is 0.476. The van der Waals surface area contributed by atoms with E-state index in [9.17, 15) is 4.39 Å². The zero-order chi connectivity index (χ0) is 13.0. The Labute approximate surface area is 109 Å². The third kappa shape index (κ3) is 2.99. The predicted molar refractivity (Wildman–Crippen MR) is 67.2 cm³/mol. The first-order chi connectivity index (χ1) is 8.71. The molecule has 4 heteroatoms. The molecule has 0 unspecified atom stereocenters. The van der Waals surface area contributed by atoms with Crippen molar-refractivity contribution < 1.29 is 9.13 Å². The standard InChI is InChI=1S/C14H9ClFNO/c15-8-11-5-12(16)7-14(6-11)18-13-3-1-10(9-17)2-4-13/h1-7H,8H2. The van der Waals surface area contributed by atoms with Crippen LogP contribution in [-0.2, 0) is 5.88 Å². The number of benzene rings is 2. The summed E-state index contributed by atoms with van der Waals surface area (Å²) in [5.41, 5.74) is 1.20. The molecule has 0 fully saturated rings. The smallest absolute Gasteiger partial charge is 0.130 e. The summed E-state index contributed by atoms with van der Waals surface area (Å²) in [6.07, 6.45) is 0. The van der Waals surface area contributed by atoms with Gasteiger partial charge in [-0.25, -0.2) is 4.39 Å². The number of nitriles is 1. The van der Waals surface area contributed by atoms with Crippen molar-refractivity contribution in [1.82, 2.24) is 0 Å². The fourth-order valence-corrected chi connectivity index (χ4v) is 1.64. The quantitative estimate of drug-likeness (QED) is 0.775. The van der Waals surface area contributed by atoms with E-state index in [0.717, 1.165) is 0 Å². The van der Waals surface area contributed by atoms with Crippen LogP contribution in [-0.4, -0.2) is 0 Å². The Morgan fingerprint density at radius 2 is 1.83 bits per heavy atom. The number of hydrogen-bond acceptors (Lipinski definition) is 2. The zero-order valence-electron chi connectivity index (χ0n) is 9.36. The lowest BCUT2D eigenvalue weighted by Crippen LogP contribution is -1.88. The van der Waals surface area contributed by atoms with E-state index in [-0.39, 0.29) is 5.88 Å². The molecule has 0 spiro atoms. The maximum Gasteiger partial charge on any atom is 0.130 e. The Morgan fingerprint density at radius 1 is 1.11 bits per heavy atom. The molecule has 0 atom stereocenters. The molecule has 0 saturated carbocycles. The van der Waals surface area contributed by atoms with Crippen LogP contribution >= 0.6 is 11.6 Å². The molecule has 0 N–H and O–H groups in total. The third-order valence-corrected chi connectivity index (χ3v) is 2.61. The maximum absolute atomic E-state index is 13.3. The number of nitrogens with zero attached hydrogens (tertiary/aromatic N) is 1. The van der Waals surface area contributed by atoms with Crippen LogP contribution in [0.1, 0.15) is 11.1 Å². The Kier molecular flexibility index (Phi) is 3.81. The molecule has 0 saturated heterocycles. The van der Waals surface area contributed by atoms with Crippen LogP contribution in [0.4, 0.5) is 4.39 Å². The van der Waals surface area contributed by atoms with Gasteiger partial charge in [-0.1, -0.05) is 0 Å². The molecule has 2 aromatic carbocycles. The SMILES string of the molecule is N#Cc1ccc(Oc2cc(F)cc(CCl)c2)cc1. The van der Waals surface area contributed by atoms with E-state index in [0.29, 0.717) is 22.6 Å². The average Bonchev–Trinajstić information content (AvgIpc) is 2.39. The van der Waals surface area contributed by atoms with Gasteiger partial charge >= 0.3 is 0 Å². The Bertz CT molecular complexity index is 590. The van der Waals surface area contributed by atoms with Gasteiger partial charge in [0.2, 0.25) is 0 Å². The van der Waals surface area contributed by atoms with Crippen molar-refractivity contribution in [2.75, 3.05) is 0 Å². The molecule has 0 heterocycles. The van der Waals surface area contributed by atoms with Gasteiger partial charge in [-0.2, -0.15) is 5.26 Å². The fourth-order valence-electron chi connectivity index (χ4n) is 1.49. The minimum absolute atomic E-state index is 0.224. The second-order valence-electron chi connectivity index (χ2n) is 3.67. The number of alkyl halides is 1. The lowest BCUT2D eigenvalue weighted by Gasteiger charge is -2.07. The number of hydrogen-bond donors (Lipinski definition) is 0. The van der Waals surface area contributed by atoms with Crippen LogP contribution in [0, 0.1) is 17.1 Å². The fraction of sp³-hybridized carbons (Fsp3) is 0.0714. The molecular weight excluding hydrogens is 253 g/mol. The summed E-state index contributed by atoms with van der Waals surface area (Å²) in [5.74, 6) is 0.758.